The van der Waals surface area contributed by atoms with Crippen LogP contribution >= 0.6 is 27.5 Å². The number of carboxylic acid groups (broad SMARTS) is 1. The number of anilines is 1. The molecule has 0 heterocycles. The van der Waals surface area contributed by atoms with Gasteiger partial charge in [0.1, 0.15) is 0 Å². The number of carboxylic acids is 1. The Morgan fingerprint density at radius 1 is 1.30 bits per heavy atom. The number of hydrogen-bond donors (Lipinski definition) is 2. The van der Waals surface area contributed by atoms with Gasteiger partial charge < -0.3 is 10.4 Å². The number of aromatic carboxylic acids is 1. The summed E-state index contributed by atoms with van der Waals surface area (Å²) in [6.07, 6.45) is 0. The lowest BCUT2D eigenvalue weighted by molar-refractivity contribution is 0.0697. The van der Waals surface area contributed by atoms with Gasteiger partial charge >= 0.3 is 5.97 Å². The third-order valence-corrected chi connectivity index (χ3v) is 3.94. The largest absolute Gasteiger partial charge is 0.478 e. The number of aryl methyl sites for hydroxylation is 1. The Balaban J connectivity index is 2.18. The van der Waals surface area contributed by atoms with Crippen LogP contribution in [0.25, 0.3) is 0 Å². The first-order valence-corrected chi connectivity index (χ1v) is 7.16. The monoisotopic (exact) mass is 353 g/mol. The number of benzene rings is 2. The number of halogens is 2. The van der Waals surface area contributed by atoms with Crippen molar-refractivity contribution in [2.24, 2.45) is 0 Å². The molecular formula is C15H13BrClNO2. The van der Waals surface area contributed by atoms with Crippen molar-refractivity contribution in [2.75, 3.05) is 5.32 Å². The molecule has 5 heteroatoms. The van der Waals surface area contributed by atoms with Gasteiger partial charge in [-0.1, -0.05) is 39.7 Å². The van der Waals surface area contributed by atoms with Crippen molar-refractivity contribution in [1.29, 1.82) is 0 Å². The topological polar surface area (TPSA) is 49.3 Å². The molecule has 0 fully saturated rings. The van der Waals surface area contributed by atoms with Crippen molar-refractivity contribution in [1.82, 2.24) is 0 Å². The Hall–Kier alpha value is -1.52. The predicted octanol–water partition coefficient (Wildman–Crippen LogP) is 4.72. The van der Waals surface area contributed by atoms with E-state index in [0.717, 1.165) is 21.3 Å². The van der Waals surface area contributed by atoms with E-state index in [-0.39, 0.29) is 5.56 Å². The molecule has 0 saturated heterocycles. The number of hydrogen-bond acceptors (Lipinski definition) is 2. The van der Waals surface area contributed by atoms with Gasteiger partial charge in [-0.25, -0.2) is 4.79 Å². The fraction of sp³-hybridized carbons (Fsp3) is 0.133. The highest BCUT2D eigenvalue weighted by Gasteiger charge is 2.07. The quantitative estimate of drug-likeness (QED) is 0.835. The minimum Gasteiger partial charge on any atom is -0.478 e. The van der Waals surface area contributed by atoms with Crippen molar-refractivity contribution in [2.45, 2.75) is 13.5 Å². The first-order valence-electron chi connectivity index (χ1n) is 5.99. The second-order valence-corrected chi connectivity index (χ2v) is 5.71. The molecule has 0 atom stereocenters. The molecule has 0 aliphatic heterocycles. The summed E-state index contributed by atoms with van der Waals surface area (Å²) in [4.78, 5) is 11.0. The third-order valence-electron chi connectivity index (χ3n) is 2.97. The van der Waals surface area contributed by atoms with Gasteiger partial charge in [0.2, 0.25) is 0 Å². The van der Waals surface area contributed by atoms with Gasteiger partial charge in [-0.2, -0.15) is 0 Å². The van der Waals surface area contributed by atoms with E-state index in [1.54, 1.807) is 18.2 Å². The summed E-state index contributed by atoms with van der Waals surface area (Å²) in [6.45, 7) is 2.52. The molecule has 2 N–H and O–H groups in total. The minimum absolute atomic E-state index is 0.272. The van der Waals surface area contributed by atoms with E-state index < -0.39 is 5.97 Å². The maximum absolute atomic E-state index is 11.0. The highest BCUT2D eigenvalue weighted by atomic mass is 79.9. The van der Waals surface area contributed by atoms with Crippen molar-refractivity contribution in [3.63, 3.8) is 0 Å². The number of rotatable bonds is 4. The second kappa shape index (κ2) is 6.29. The van der Waals surface area contributed by atoms with Crippen LogP contribution in [0.15, 0.2) is 40.9 Å². The first kappa shape index (κ1) is 14.9. The lowest BCUT2D eigenvalue weighted by Gasteiger charge is -2.12. The van der Waals surface area contributed by atoms with Crippen LogP contribution in [0.5, 0.6) is 0 Å². The Morgan fingerprint density at radius 2 is 2.05 bits per heavy atom. The first-order chi connectivity index (χ1) is 9.47. The summed E-state index contributed by atoms with van der Waals surface area (Å²) >= 11 is 9.36. The van der Waals surface area contributed by atoms with Crippen LogP contribution in [0.1, 0.15) is 21.5 Å². The summed E-state index contributed by atoms with van der Waals surface area (Å²) in [5.41, 5.74) is 3.13. The molecule has 0 aliphatic carbocycles. The van der Waals surface area contributed by atoms with Crippen LogP contribution in [-0.2, 0) is 6.54 Å². The van der Waals surface area contributed by atoms with E-state index in [9.17, 15) is 4.79 Å². The van der Waals surface area contributed by atoms with Gasteiger partial charge in [-0.15, -0.1) is 0 Å². The highest BCUT2D eigenvalue weighted by Crippen LogP contribution is 2.24. The minimum atomic E-state index is -0.930. The van der Waals surface area contributed by atoms with Crippen molar-refractivity contribution < 1.29 is 9.90 Å². The smallest absolute Gasteiger partial charge is 0.335 e. The maximum atomic E-state index is 11.0. The molecule has 0 radical (unpaired) electrons. The van der Waals surface area contributed by atoms with Gasteiger partial charge in [-0.05, 0) is 42.3 Å². The molecule has 104 valence electrons. The van der Waals surface area contributed by atoms with Crippen molar-refractivity contribution in [3.8, 4) is 0 Å². The molecule has 2 rings (SSSR count). The van der Waals surface area contributed by atoms with Crippen molar-refractivity contribution in [3.05, 3.63) is 62.6 Å². The fourth-order valence-corrected chi connectivity index (χ4v) is 2.62. The zero-order valence-corrected chi connectivity index (χ0v) is 13.1. The maximum Gasteiger partial charge on any atom is 0.335 e. The Bertz CT molecular complexity index is 658. The lowest BCUT2D eigenvalue weighted by Crippen LogP contribution is -2.04. The molecule has 3 nitrogen and oxygen atoms in total. The van der Waals surface area contributed by atoms with Gasteiger partial charge in [-0.3, -0.25) is 0 Å². The number of nitrogens with one attached hydrogen (secondary N) is 1. The Labute approximate surface area is 130 Å². The molecular weight excluding hydrogens is 342 g/mol. The molecule has 0 amide bonds. The van der Waals surface area contributed by atoms with Crippen LogP contribution in [-0.4, -0.2) is 11.1 Å². The average molecular weight is 355 g/mol. The van der Waals surface area contributed by atoms with Crippen LogP contribution in [0.3, 0.4) is 0 Å². The predicted molar refractivity (Wildman–Crippen MR) is 84.6 cm³/mol. The van der Waals surface area contributed by atoms with Crippen LogP contribution in [0.4, 0.5) is 5.69 Å². The molecule has 0 spiro atoms. The lowest BCUT2D eigenvalue weighted by atomic mass is 10.1. The summed E-state index contributed by atoms with van der Waals surface area (Å²) in [7, 11) is 0. The Morgan fingerprint density at radius 3 is 2.70 bits per heavy atom. The van der Waals surface area contributed by atoms with E-state index in [1.807, 2.05) is 25.1 Å². The molecule has 0 aromatic heterocycles. The normalized spacial score (nSPS) is 10.3. The van der Waals surface area contributed by atoms with Gasteiger partial charge in [0.25, 0.3) is 0 Å². The molecule has 0 bridgehead atoms. The fourth-order valence-electron chi connectivity index (χ4n) is 1.80. The Kier molecular flexibility index (Phi) is 4.68. The molecule has 0 unspecified atom stereocenters. The van der Waals surface area contributed by atoms with Crippen LogP contribution in [0, 0.1) is 6.92 Å². The van der Waals surface area contributed by atoms with Crippen LogP contribution < -0.4 is 5.32 Å². The van der Waals surface area contributed by atoms with E-state index >= 15 is 0 Å². The molecule has 0 aliphatic rings. The summed E-state index contributed by atoms with van der Waals surface area (Å²) < 4.78 is 0.921. The van der Waals surface area contributed by atoms with Gasteiger partial charge in [0.15, 0.2) is 0 Å². The summed E-state index contributed by atoms with van der Waals surface area (Å²) in [5.74, 6) is -0.930. The van der Waals surface area contributed by atoms with E-state index in [4.69, 9.17) is 16.7 Å². The zero-order chi connectivity index (χ0) is 14.7. The van der Waals surface area contributed by atoms with E-state index in [2.05, 4.69) is 21.2 Å². The van der Waals surface area contributed by atoms with Gasteiger partial charge in [0.05, 0.1) is 5.56 Å². The van der Waals surface area contributed by atoms with Crippen molar-refractivity contribution >= 4 is 39.2 Å². The molecule has 0 saturated carbocycles. The zero-order valence-electron chi connectivity index (χ0n) is 10.8. The number of carbonyl (C=O) groups is 1. The van der Waals surface area contributed by atoms with E-state index in [1.165, 1.54) is 0 Å². The summed E-state index contributed by atoms with van der Waals surface area (Å²) in [5, 5.41) is 12.9. The third kappa shape index (κ3) is 3.52. The SMILES string of the molecule is Cc1ccc(C(=O)O)cc1NCc1ccc(Cl)cc1Br. The standard InChI is InChI=1S/C15H13BrClNO2/c1-9-2-3-10(15(19)20)6-14(9)18-8-11-4-5-12(17)7-13(11)16/h2-7,18H,8H2,1H3,(H,19,20). The van der Waals surface area contributed by atoms with Crippen LogP contribution in [0.2, 0.25) is 5.02 Å². The second-order valence-electron chi connectivity index (χ2n) is 4.42. The average Bonchev–Trinajstić information content (AvgIpc) is 2.39. The van der Waals surface area contributed by atoms with E-state index in [0.29, 0.717) is 11.6 Å². The summed E-state index contributed by atoms with van der Waals surface area (Å²) in [6, 6.07) is 10.6. The molecule has 20 heavy (non-hydrogen) atoms. The molecule has 2 aromatic carbocycles. The van der Waals surface area contributed by atoms with Gasteiger partial charge in [0, 0.05) is 21.7 Å². The highest BCUT2D eigenvalue weighted by molar-refractivity contribution is 9.10. The molecule has 2 aromatic rings.